The Morgan fingerprint density at radius 3 is 2.77 bits per heavy atom. The molecule has 0 rings (SSSR count). The van der Waals surface area contributed by atoms with Crippen molar-refractivity contribution >= 4 is 0 Å². The largest absolute Gasteiger partial charge is 0.392 e. The first-order chi connectivity index (χ1) is 6.31. The first-order valence-corrected chi connectivity index (χ1v) is 4.86. The van der Waals surface area contributed by atoms with Crippen molar-refractivity contribution in [2.45, 2.75) is 26.2 Å². The normalized spacial score (nSPS) is 14.0. The van der Waals surface area contributed by atoms with Gasteiger partial charge in [0.15, 0.2) is 0 Å². The van der Waals surface area contributed by atoms with Crippen molar-refractivity contribution in [2.75, 3.05) is 6.61 Å². The van der Waals surface area contributed by atoms with Gasteiger partial charge in [0.05, 0.1) is 6.61 Å². The van der Waals surface area contributed by atoms with Gasteiger partial charge in [0.1, 0.15) is 0 Å². The number of hydrogen-bond donors (Lipinski definition) is 1. The zero-order valence-electron chi connectivity index (χ0n) is 8.45. The van der Waals surface area contributed by atoms with Crippen molar-refractivity contribution < 1.29 is 5.11 Å². The van der Waals surface area contributed by atoms with Gasteiger partial charge in [-0.3, -0.25) is 0 Å². The highest BCUT2D eigenvalue weighted by molar-refractivity contribution is 4.97. The van der Waals surface area contributed by atoms with E-state index in [1.807, 2.05) is 12.2 Å². The van der Waals surface area contributed by atoms with Crippen molar-refractivity contribution in [3.8, 4) is 0 Å². The third-order valence-electron chi connectivity index (χ3n) is 1.87. The van der Waals surface area contributed by atoms with E-state index in [9.17, 15) is 0 Å². The summed E-state index contributed by atoms with van der Waals surface area (Å²) in [6.45, 7) is 5.93. The smallest absolute Gasteiger partial charge is 0.0612 e. The van der Waals surface area contributed by atoms with E-state index < -0.39 is 0 Å². The van der Waals surface area contributed by atoms with Crippen LogP contribution in [0.1, 0.15) is 26.2 Å². The summed E-state index contributed by atoms with van der Waals surface area (Å²) in [6.07, 6.45) is 13.3. The first kappa shape index (κ1) is 12.2. The molecule has 1 unspecified atom stereocenters. The molecule has 0 fully saturated rings. The molecule has 1 heteroatoms. The van der Waals surface area contributed by atoms with Crippen molar-refractivity contribution in [3.63, 3.8) is 0 Å². The fourth-order valence-corrected chi connectivity index (χ4v) is 1.14. The number of rotatable bonds is 7. The van der Waals surface area contributed by atoms with Gasteiger partial charge in [0.2, 0.25) is 0 Å². The van der Waals surface area contributed by atoms with Gasteiger partial charge in [-0.25, -0.2) is 0 Å². The maximum absolute atomic E-state index is 8.55. The lowest BCUT2D eigenvalue weighted by molar-refractivity contribution is 0.341. The molecule has 0 aliphatic carbocycles. The minimum atomic E-state index is 0.153. The lowest BCUT2D eigenvalue weighted by Crippen LogP contribution is -1.89. The van der Waals surface area contributed by atoms with Crippen LogP contribution in [0, 0.1) is 5.92 Å². The van der Waals surface area contributed by atoms with E-state index in [2.05, 4.69) is 25.7 Å². The second-order valence-corrected chi connectivity index (χ2v) is 3.18. The van der Waals surface area contributed by atoms with Crippen LogP contribution in [0.3, 0.4) is 0 Å². The molecule has 13 heavy (non-hydrogen) atoms. The Labute approximate surface area is 81.5 Å². The lowest BCUT2D eigenvalue weighted by atomic mass is 10.0. The van der Waals surface area contributed by atoms with Crippen molar-refractivity contribution in [1.82, 2.24) is 0 Å². The highest BCUT2D eigenvalue weighted by Crippen LogP contribution is 2.09. The van der Waals surface area contributed by atoms with Crippen molar-refractivity contribution in [3.05, 3.63) is 37.0 Å². The third kappa shape index (κ3) is 9.09. The van der Waals surface area contributed by atoms with E-state index in [0.717, 1.165) is 6.42 Å². The highest BCUT2D eigenvalue weighted by Gasteiger charge is 1.94. The summed E-state index contributed by atoms with van der Waals surface area (Å²) in [5, 5.41) is 8.55. The second-order valence-electron chi connectivity index (χ2n) is 3.18. The number of aliphatic hydroxyl groups excluding tert-OH is 1. The summed E-state index contributed by atoms with van der Waals surface area (Å²) in [5.41, 5.74) is 0. The monoisotopic (exact) mass is 180 g/mol. The minimum absolute atomic E-state index is 0.153. The highest BCUT2D eigenvalue weighted by atomic mass is 16.2. The maximum atomic E-state index is 8.55. The van der Waals surface area contributed by atoms with Gasteiger partial charge >= 0.3 is 0 Å². The standard InChI is InChI=1S/C12H20O/c1-3-4-5-6-7-9-12(2)10-8-11-13/h3-5,8,10,12-13H,1,6-7,9,11H2,2H3/b5-4+,10-8+. The molecular formula is C12H20O. The van der Waals surface area contributed by atoms with Crippen LogP contribution >= 0.6 is 0 Å². The lowest BCUT2D eigenvalue weighted by Gasteiger charge is -2.03. The summed E-state index contributed by atoms with van der Waals surface area (Å²) in [7, 11) is 0. The van der Waals surface area contributed by atoms with Gasteiger partial charge in [0, 0.05) is 0 Å². The Balaban J connectivity index is 3.36. The molecule has 0 aliphatic rings. The number of unbranched alkanes of at least 4 members (excludes halogenated alkanes) is 1. The van der Waals surface area contributed by atoms with E-state index in [4.69, 9.17) is 5.11 Å². The fraction of sp³-hybridized carbons (Fsp3) is 0.500. The topological polar surface area (TPSA) is 20.2 Å². The SMILES string of the molecule is C=C/C=C/CCCC(C)/C=C/CO. The zero-order valence-corrected chi connectivity index (χ0v) is 8.45. The number of hydrogen-bond acceptors (Lipinski definition) is 1. The zero-order chi connectivity index (χ0) is 9.94. The van der Waals surface area contributed by atoms with Gasteiger partial charge in [-0.05, 0) is 25.2 Å². The Morgan fingerprint density at radius 1 is 1.38 bits per heavy atom. The molecule has 0 radical (unpaired) electrons. The van der Waals surface area contributed by atoms with E-state index in [-0.39, 0.29) is 6.61 Å². The summed E-state index contributed by atoms with van der Waals surface area (Å²) in [6, 6.07) is 0. The molecule has 0 heterocycles. The minimum Gasteiger partial charge on any atom is -0.392 e. The van der Waals surface area contributed by atoms with Crippen LogP contribution in [-0.4, -0.2) is 11.7 Å². The maximum Gasteiger partial charge on any atom is 0.0612 e. The summed E-state index contributed by atoms with van der Waals surface area (Å²) >= 11 is 0. The molecule has 0 aromatic rings. The van der Waals surface area contributed by atoms with Gasteiger partial charge in [0.25, 0.3) is 0 Å². The van der Waals surface area contributed by atoms with Gasteiger partial charge < -0.3 is 5.11 Å². The Kier molecular flexibility index (Phi) is 8.68. The van der Waals surface area contributed by atoms with Crippen LogP contribution < -0.4 is 0 Å². The van der Waals surface area contributed by atoms with Gasteiger partial charge in [-0.15, -0.1) is 0 Å². The van der Waals surface area contributed by atoms with Crippen molar-refractivity contribution in [1.29, 1.82) is 0 Å². The van der Waals surface area contributed by atoms with E-state index >= 15 is 0 Å². The number of aliphatic hydroxyl groups is 1. The second kappa shape index (κ2) is 9.27. The quantitative estimate of drug-likeness (QED) is 0.362. The fourth-order valence-electron chi connectivity index (χ4n) is 1.14. The Morgan fingerprint density at radius 2 is 2.15 bits per heavy atom. The summed E-state index contributed by atoms with van der Waals surface area (Å²) in [5.74, 6) is 0.573. The Bertz CT molecular complexity index is 168. The molecule has 0 aromatic carbocycles. The molecule has 74 valence electrons. The van der Waals surface area contributed by atoms with Gasteiger partial charge in [-0.1, -0.05) is 43.9 Å². The van der Waals surface area contributed by atoms with Crippen LogP contribution in [0.15, 0.2) is 37.0 Å². The van der Waals surface area contributed by atoms with Crippen LogP contribution in [0.2, 0.25) is 0 Å². The molecule has 0 bridgehead atoms. The van der Waals surface area contributed by atoms with Crippen LogP contribution in [0.25, 0.3) is 0 Å². The van der Waals surface area contributed by atoms with Crippen LogP contribution in [-0.2, 0) is 0 Å². The number of allylic oxidation sites excluding steroid dienone is 4. The first-order valence-electron chi connectivity index (χ1n) is 4.86. The van der Waals surface area contributed by atoms with Crippen LogP contribution in [0.4, 0.5) is 0 Å². The molecule has 0 saturated carbocycles. The molecule has 0 aliphatic heterocycles. The average molecular weight is 180 g/mol. The average Bonchev–Trinajstić information content (AvgIpc) is 2.14. The molecule has 0 spiro atoms. The van der Waals surface area contributed by atoms with E-state index in [1.165, 1.54) is 12.8 Å². The molecule has 1 N–H and O–H groups in total. The molecule has 0 aromatic heterocycles. The Hall–Kier alpha value is -0.820. The van der Waals surface area contributed by atoms with Crippen molar-refractivity contribution in [2.24, 2.45) is 5.92 Å². The molecular weight excluding hydrogens is 160 g/mol. The molecule has 1 atom stereocenters. The molecule has 0 amide bonds. The van der Waals surface area contributed by atoms with Crippen LogP contribution in [0.5, 0.6) is 0 Å². The van der Waals surface area contributed by atoms with E-state index in [0.29, 0.717) is 5.92 Å². The molecule has 1 nitrogen and oxygen atoms in total. The summed E-state index contributed by atoms with van der Waals surface area (Å²) in [4.78, 5) is 0. The molecule has 0 saturated heterocycles. The van der Waals surface area contributed by atoms with E-state index in [1.54, 1.807) is 6.08 Å². The van der Waals surface area contributed by atoms with Gasteiger partial charge in [-0.2, -0.15) is 0 Å². The summed E-state index contributed by atoms with van der Waals surface area (Å²) < 4.78 is 0. The third-order valence-corrected chi connectivity index (χ3v) is 1.87. The predicted molar refractivity (Wildman–Crippen MR) is 58.6 cm³/mol. The predicted octanol–water partition coefficient (Wildman–Crippen LogP) is 3.08.